The number of aromatic nitrogens is 2. The quantitative estimate of drug-likeness (QED) is 0.885. The van der Waals surface area contributed by atoms with Gasteiger partial charge in [0.15, 0.2) is 17.4 Å². The molecule has 1 aromatic heterocycles. The van der Waals surface area contributed by atoms with E-state index in [1.807, 2.05) is 13.8 Å². The Morgan fingerprint density at radius 1 is 1.26 bits per heavy atom. The lowest BCUT2D eigenvalue weighted by molar-refractivity contribution is 0.262. The first-order valence-electron chi connectivity index (χ1n) is 7.02. The van der Waals surface area contributed by atoms with Crippen molar-refractivity contribution in [2.75, 3.05) is 17.7 Å². The van der Waals surface area contributed by atoms with Crippen molar-refractivity contribution in [1.29, 1.82) is 0 Å². The number of benzene rings is 1. The van der Waals surface area contributed by atoms with E-state index in [-0.39, 0.29) is 5.69 Å². The zero-order valence-corrected chi connectivity index (χ0v) is 13.1. The number of nitrogens with one attached hydrogen (secondary N) is 2. The van der Waals surface area contributed by atoms with Crippen LogP contribution in [0.5, 0.6) is 5.75 Å². The lowest BCUT2D eigenvalue weighted by Gasteiger charge is -2.09. The number of nitrogens with zero attached hydrogens (tertiary/aromatic N) is 2. The molecule has 23 heavy (non-hydrogen) atoms. The summed E-state index contributed by atoms with van der Waals surface area (Å²) >= 11 is 0. The molecular weight excluding hydrogens is 306 g/mol. The number of ether oxygens (including phenoxy) is 1. The molecule has 0 aliphatic carbocycles. The van der Waals surface area contributed by atoms with Crippen LogP contribution in [0.25, 0.3) is 0 Å². The third-order valence-electron chi connectivity index (χ3n) is 2.90. The highest BCUT2D eigenvalue weighted by molar-refractivity contribution is 5.99. The molecule has 0 spiro atoms. The first kappa shape index (κ1) is 16.7. The molecule has 0 bridgehead atoms. The lowest BCUT2D eigenvalue weighted by atomic mass is 10.2. The van der Waals surface area contributed by atoms with Crippen molar-refractivity contribution in [3.05, 3.63) is 36.2 Å². The Hall–Kier alpha value is -2.64. The van der Waals surface area contributed by atoms with Crippen molar-refractivity contribution in [1.82, 2.24) is 9.78 Å². The topological polar surface area (TPSA) is 68.2 Å². The van der Waals surface area contributed by atoms with Crippen LogP contribution >= 0.6 is 0 Å². The molecule has 124 valence electrons. The number of rotatable bonds is 5. The van der Waals surface area contributed by atoms with Crippen LogP contribution in [-0.2, 0) is 6.54 Å². The molecule has 0 unspecified atom stereocenters. The molecule has 8 heteroatoms. The van der Waals surface area contributed by atoms with Crippen molar-refractivity contribution < 1.29 is 18.3 Å². The summed E-state index contributed by atoms with van der Waals surface area (Å²) in [4.78, 5) is 11.9. The maximum absolute atomic E-state index is 13.6. The maximum Gasteiger partial charge on any atom is 0.323 e. The molecule has 1 aromatic carbocycles. The number of urea groups is 1. The Labute approximate surface area is 132 Å². The van der Waals surface area contributed by atoms with Crippen molar-refractivity contribution >= 4 is 17.4 Å². The number of halogens is 2. The predicted molar refractivity (Wildman–Crippen MR) is 82.6 cm³/mol. The minimum atomic E-state index is -0.896. The highest BCUT2D eigenvalue weighted by Gasteiger charge is 2.13. The smallest absolute Gasteiger partial charge is 0.323 e. The number of carbonyl (C=O) groups is 1. The molecule has 0 aliphatic heterocycles. The second-order valence-corrected chi connectivity index (χ2v) is 5.40. The van der Waals surface area contributed by atoms with Gasteiger partial charge >= 0.3 is 6.03 Å². The molecule has 0 aliphatic rings. The maximum atomic E-state index is 13.6. The van der Waals surface area contributed by atoms with Crippen LogP contribution < -0.4 is 15.4 Å². The molecule has 2 aromatic rings. The summed E-state index contributed by atoms with van der Waals surface area (Å²) in [5, 5.41) is 9.00. The third-order valence-corrected chi connectivity index (χ3v) is 2.90. The van der Waals surface area contributed by atoms with Crippen LogP contribution in [0, 0.1) is 17.6 Å². The summed E-state index contributed by atoms with van der Waals surface area (Å²) in [6.45, 7) is 4.82. The van der Waals surface area contributed by atoms with E-state index in [1.54, 1.807) is 10.9 Å². The lowest BCUT2D eigenvalue weighted by Crippen LogP contribution is -2.19. The van der Waals surface area contributed by atoms with Crippen molar-refractivity contribution in [2.45, 2.75) is 20.4 Å². The van der Waals surface area contributed by atoms with E-state index in [4.69, 9.17) is 0 Å². The standard InChI is InChI=1S/C15H18F2N4O2/c1-9(2)7-21-8-11(6-18-21)20-15(22)19-10-4-12(16)14(23-3)13(17)5-10/h4-6,8-9H,7H2,1-3H3,(H2,19,20,22). The third kappa shape index (κ3) is 4.41. The largest absolute Gasteiger partial charge is 0.491 e. The Morgan fingerprint density at radius 3 is 2.43 bits per heavy atom. The van der Waals surface area contributed by atoms with Crippen LogP contribution in [-0.4, -0.2) is 22.9 Å². The number of carbonyl (C=O) groups excluding carboxylic acids is 1. The molecule has 2 amide bonds. The molecule has 0 radical (unpaired) electrons. The van der Waals surface area contributed by atoms with Crippen LogP contribution in [0.1, 0.15) is 13.8 Å². The number of hydrogen-bond acceptors (Lipinski definition) is 3. The molecule has 6 nitrogen and oxygen atoms in total. The fourth-order valence-corrected chi connectivity index (χ4v) is 2.02. The van der Waals surface area contributed by atoms with E-state index >= 15 is 0 Å². The first-order chi connectivity index (χ1) is 10.9. The van der Waals surface area contributed by atoms with Crippen LogP contribution in [0.4, 0.5) is 25.0 Å². The van der Waals surface area contributed by atoms with Gasteiger partial charge in [-0.3, -0.25) is 4.68 Å². The normalized spacial score (nSPS) is 10.7. The summed E-state index contributed by atoms with van der Waals surface area (Å²) in [6, 6.07) is 1.32. The summed E-state index contributed by atoms with van der Waals surface area (Å²) < 4.78 is 33.4. The van der Waals surface area contributed by atoms with Crippen LogP contribution in [0.15, 0.2) is 24.5 Å². The van der Waals surface area contributed by atoms with Gasteiger partial charge in [0.05, 0.1) is 19.0 Å². The highest BCUT2D eigenvalue weighted by atomic mass is 19.1. The average molecular weight is 324 g/mol. The van der Waals surface area contributed by atoms with Crippen molar-refractivity contribution in [3.63, 3.8) is 0 Å². The van der Waals surface area contributed by atoms with Gasteiger partial charge in [-0.05, 0) is 5.92 Å². The minimum absolute atomic E-state index is 0.0205. The van der Waals surface area contributed by atoms with Gasteiger partial charge in [0.2, 0.25) is 0 Å². The number of anilines is 2. The van der Waals surface area contributed by atoms with E-state index in [0.29, 0.717) is 11.6 Å². The molecular formula is C15H18F2N4O2. The van der Waals surface area contributed by atoms with Gasteiger partial charge in [0, 0.05) is 30.6 Å². The fourth-order valence-electron chi connectivity index (χ4n) is 2.02. The van der Waals surface area contributed by atoms with E-state index in [0.717, 1.165) is 25.8 Å². The van der Waals surface area contributed by atoms with Crippen molar-refractivity contribution in [2.24, 2.45) is 5.92 Å². The van der Waals surface area contributed by atoms with Gasteiger partial charge in [-0.2, -0.15) is 5.10 Å². The number of amides is 2. The molecule has 0 atom stereocenters. The summed E-state index contributed by atoms with van der Waals surface area (Å²) in [5.41, 5.74) is 0.463. The molecule has 2 N–H and O–H groups in total. The molecule has 1 heterocycles. The minimum Gasteiger partial charge on any atom is -0.491 e. The van der Waals surface area contributed by atoms with Gasteiger partial charge in [0.1, 0.15) is 0 Å². The van der Waals surface area contributed by atoms with E-state index in [9.17, 15) is 13.6 Å². The molecule has 2 rings (SSSR count). The Morgan fingerprint density at radius 2 is 1.87 bits per heavy atom. The van der Waals surface area contributed by atoms with Crippen LogP contribution in [0.2, 0.25) is 0 Å². The van der Waals surface area contributed by atoms with Gasteiger partial charge in [0.25, 0.3) is 0 Å². The Balaban J connectivity index is 2.01. The monoisotopic (exact) mass is 324 g/mol. The first-order valence-corrected chi connectivity index (χ1v) is 7.02. The number of methoxy groups -OCH3 is 1. The summed E-state index contributed by atoms with van der Waals surface area (Å²) in [5.74, 6) is -1.87. The second kappa shape index (κ2) is 7.08. The summed E-state index contributed by atoms with van der Waals surface area (Å²) in [7, 11) is 1.16. The second-order valence-electron chi connectivity index (χ2n) is 5.40. The van der Waals surface area contributed by atoms with Gasteiger partial charge < -0.3 is 15.4 Å². The Bertz CT molecular complexity index is 678. The SMILES string of the molecule is COc1c(F)cc(NC(=O)Nc2cnn(CC(C)C)c2)cc1F. The molecule has 0 saturated heterocycles. The average Bonchev–Trinajstić information content (AvgIpc) is 2.84. The van der Waals surface area contributed by atoms with Gasteiger partial charge in [-0.15, -0.1) is 0 Å². The zero-order chi connectivity index (χ0) is 17.0. The van der Waals surface area contributed by atoms with Crippen molar-refractivity contribution in [3.8, 4) is 5.75 Å². The van der Waals surface area contributed by atoms with E-state index in [1.165, 1.54) is 6.20 Å². The number of hydrogen-bond donors (Lipinski definition) is 2. The zero-order valence-electron chi connectivity index (χ0n) is 13.1. The van der Waals surface area contributed by atoms with Gasteiger partial charge in [-0.25, -0.2) is 13.6 Å². The fraction of sp³-hybridized carbons (Fsp3) is 0.333. The van der Waals surface area contributed by atoms with Gasteiger partial charge in [-0.1, -0.05) is 13.8 Å². The summed E-state index contributed by atoms with van der Waals surface area (Å²) in [6.07, 6.45) is 3.17. The molecule has 0 fully saturated rings. The Kier molecular flexibility index (Phi) is 5.15. The predicted octanol–water partition coefficient (Wildman–Crippen LogP) is 3.47. The van der Waals surface area contributed by atoms with Crippen LogP contribution in [0.3, 0.4) is 0 Å². The van der Waals surface area contributed by atoms with E-state index < -0.39 is 23.4 Å². The van der Waals surface area contributed by atoms with E-state index in [2.05, 4.69) is 20.5 Å². The molecule has 0 saturated carbocycles. The highest BCUT2D eigenvalue weighted by Crippen LogP contribution is 2.25.